The lowest BCUT2D eigenvalue weighted by Gasteiger charge is -2.21. The molecule has 0 radical (unpaired) electrons. The van der Waals surface area contributed by atoms with Gasteiger partial charge in [-0.05, 0) is 43.4 Å². The third-order valence-corrected chi connectivity index (χ3v) is 23.6. The number of carbonyl (C=O) groups excluding carboxylic acids is 4. The monoisotopic (exact) mass is 1560 g/mol. The summed E-state index contributed by atoms with van der Waals surface area (Å²) in [6, 6.07) is 0. The lowest BCUT2D eigenvalue weighted by atomic mass is 9.99. The Morgan fingerprint density at radius 3 is 0.664 bits per heavy atom. The van der Waals surface area contributed by atoms with Crippen LogP contribution in [0.2, 0.25) is 0 Å². The van der Waals surface area contributed by atoms with Crippen molar-refractivity contribution in [2.24, 2.45) is 17.8 Å². The van der Waals surface area contributed by atoms with E-state index < -0.39 is 97.5 Å². The molecule has 0 aromatic carbocycles. The Balaban J connectivity index is 5.26. The molecule has 19 heteroatoms. The zero-order chi connectivity index (χ0) is 78.6. The molecule has 0 saturated carbocycles. The van der Waals surface area contributed by atoms with Gasteiger partial charge < -0.3 is 33.8 Å². The minimum absolute atomic E-state index is 0.107. The summed E-state index contributed by atoms with van der Waals surface area (Å²) >= 11 is 0. The number of hydrogen-bond acceptors (Lipinski definition) is 15. The fraction of sp³-hybridized carbons (Fsp3) is 0.955. The largest absolute Gasteiger partial charge is 0.472 e. The first-order valence-electron chi connectivity index (χ1n) is 45.5. The van der Waals surface area contributed by atoms with Crippen LogP contribution in [-0.4, -0.2) is 96.7 Å². The summed E-state index contributed by atoms with van der Waals surface area (Å²) < 4.78 is 69.0. The molecule has 3 N–H and O–H groups in total. The van der Waals surface area contributed by atoms with Gasteiger partial charge in [-0.1, -0.05) is 414 Å². The first-order chi connectivity index (χ1) is 51.8. The number of aliphatic hydroxyl groups excluding tert-OH is 1. The van der Waals surface area contributed by atoms with Crippen LogP contribution in [-0.2, 0) is 65.4 Å². The molecule has 0 aromatic heterocycles. The average molecular weight is 1560 g/mol. The van der Waals surface area contributed by atoms with E-state index in [4.69, 9.17) is 37.0 Å². The van der Waals surface area contributed by atoms with E-state index in [0.717, 1.165) is 108 Å². The summed E-state index contributed by atoms with van der Waals surface area (Å²) in [7, 11) is -9.93. The number of phosphoric ester groups is 2. The van der Waals surface area contributed by atoms with Crippen LogP contribution in [0.1, 0.15) is 466 Å². The van der Waals surface area contributed by atoms with Crippen LogP contribution in [0, 0.1) is 17.8 Å². The third kappa shape index (κ3) is 77.8. The molecule has 0 fully saturated rings. The molecule has 17 nitrogen and oxygen atoms in total. The van der Waals surface area contributed by atoms with Gasteiger partial charge in [0.1, 0.15) is 19.3 Å². The minimum Gasteiger partial charge on any atom is -0.462 e. The highest BCUT2D eigenvalue weighted by molar-refractivity contribution is 7.47. The normalized spacial score (nSPS) is 14.6. The highest BCUT2D eigenvalue weighted by atomic mass is 31.2. The van der Waals surface area contributed by atoms with Crippen molar-refractivity contribution in [2.45, 2.75) is 484 Å². The second kappa shape index (κ2) is 78.0. The van der Waals surface area contributed by atoms with Crippen molar-refractivity contribution in [3.05, 3.63) is 0 Å². The highest BCUT2D eigenvalue weighted by Gasteiger charge is 2.31. The van der Waals surface area contributed by atoms with E-state index in [-0.39, 0.29) is 25.7 Å². The molecule has 0 aliphatic carbocycles. The number of phosphoric acid groups is 2. The Kier molecular flexibility index (Phi) is 76.6. The summed E-state index contributed by atoms with van der Waals surface area (Å²) in [4.78, 5) is 73.3. The molecular formula is C88H172O17P2. The zero-order valence-electron chi connectivity index (χ0n) is 70.6. The standard InChI is InChI=1S/C88H172O17P2/c1-8-12-13-14-15-16-17-26-33-41-48-55-62-69-85(90)98-76-84(105-88(93)72-65-58-51-44-37-36-40-47-54-61-68-81(7)11-4)78-103-107(96,97)101-74-82(89)73-100-106(94,95)102-77-83(75-99-86(91)70-63-56-49-42-34-29-25-24-28-32-39-46-53-60-67-80(6)10-3)104-87(92)71-64-57-50-43-35-30-23-21-19-18-20-22-27-31-38-45-52-59-66-79(5)9-2/h79-84,89H,8-78H2,1-7H3,(H,94,95)(H,96,97)/t79?,80?,81?,82-,83-,84-/m1/s1. The van der Waals surface area contributed by atoms with Gasteiger partial charge in [0, 0.05) is 25.7 Å². The maximum Gasteiger partial charge on any atom is 0.472 e. The second-order valence-electron chi connectivity index (χ2n) is 32.4. The summed E-state index contributed by atoms with van der Waals surface area (Å²) in [6.07, 6.45) is 69.2. The van der Waals surface area contributed by atoms with Crippen LogP contribution >= 0.6 is 15.6 Å². The molecule has 0 aliphatic rings. The van der Waals surface area contributed by atoms with E-state index in [2.05, 4.69) is 48.5 Å². The maximum absolute atomic E-state index is 13.2. The van der Waals surface area contributed by atoms with Crippen LogP contribution in [0.5, 0.6) is 0 Å². The van der Waals surface area contributed by atoms with Gasteiger partial charge in [0.2, 0.25) is 0 Å². The highest BCUT2D eigenvalue weighted by Crippen LogP contribution is 2.45. The lowest BCUT2D eigenvalue weighted by Crippen LogP contribution is -2.30. The number of esters is 4. The quantitative estimate of drug-likeness (QED) is 0.0222. The van der Waals surface area contributed by atoms with Crippen molar-refractivity contribution in [1.82, 2.24) is 0 Å². The van der Waals surface area contributed by atoms with Crippen LogP contribution < -0.4 is 0 Å². The van der Waals surface area contributed by atoms with Gasteiger partial charge >= 0.3 is 39.5 Å². The fourth-order valence-electron chi connectivity index (χ4n) is 13.6. The Morgan fingerprint density at radius 1 is 0.262 bits per heavy atom. The van der Waals surface area contributed by atoms with Crippen LogP contribution in [0.3, 0.4) is 0 Å². The number of aliphatic hydroxyl groups is 1. The number of ether oxygens (including phenoxy) is 4. The molecular weight excluding hydrogens is 1390 g/mol. The fourth-order valence-corrected chi connectivity index (χ4v) is 15.2. The van der Waals surface area contributed by atoms with Crippen molar-refractivity contribution in [2.75, 3.05) is 39.6 Å². The SMILES string of the molecule is CCCCCCCCCCCCCCCC(=O)OC[C@H](COP(=O)(O)OC[C@H](O)COP(=O)(O)OC[C@@H](COC(=O)CCCCCCCCCCCCCCCCC(C)CC)OC(=O)CCCCCCCCCCCCCCCCCCCCC(C)CC)OC(=O)CCCCCCCCCCCCC(C)CC. The van der Waals surface area contributed by atoms with E-state index in [1.165, 1.54) is 276 Å². The number of hydrogen-bond donors (Lipinski definition) is 3. The van der Waals surface area contributed by atoms with Gasteiger partial charge in [0.05, 0.1) is 26.4 Å². The summed E-state index contributed by atoms with van der Waals surface area (Å²) in [5.41, 5.74) is 0. The van der Waals surface area contributed by atoms with Gasteiger partial charge in [0.15, 0.2) is 12.2 Å². The van der Waals surface area contributed by atoms with Crippen molar-refractivity contribution >= 4 is 39.5 Å². The molecule has 636 valence electrons. The lowest BCUT2D eigenvalue weighted by molar-refractivity contribution is -0.161. The first kappa shape index (κ1) is 105. The van der Waals surface area contributed by atoms with Crippen LogP contribution in [0.25, 0.3) is 0 Å². The number of unbranched alkanes of at least 4 members (excludes halogenated alkanes) is 51. The zero-order valence-corrected chi connectivity index (χ0v) is 72.4. The molecule has 0 heterocycles. The molecule has 0 spiro atoms. The topological polar surface area (TPSA) is 237 Å². The molecule has 107 heavy (non-hydrogen) atoms. The van der Waals surface area contributed by atoms with Crippen molar-refractivity contribution < 1.29 is 80.2 Å². The van der Waals surface area contributed by atoms with Gasteiger partial charge in [0.25, 0.3) is 0 Å². The molecule has 0 aliphatic heterocycles. The Labute approximate surface area is 658 Å². The summed E-state index contributed by atoms with van der Waals surface area (Å²) in [5.74, 6) is 0.423. The molecule has 0 aromatic rings. The molecule has 8 atom stereocenters. The molecule has 0 saturated heterocycles. The minimum atomic E-state index is -4.97. The average Bonchev–Trinajstić information content (AvgIpc) is 0.912. The van der Waals surface area contributed by atoms with E-state index in [0.29, 0.717) is 25.7 Å². The van der Waals surface area contributed by atoms with E-state index in [1.807, 2.05) is 0 Å². The third-order valence-electron chi connectivity index (χ3n) is 21.7. The van der Waals surface area contributed by atoms with Crippen molar-refractivity contribution in [3.8, 4) is 0 Å². The van der Waals surface area contributed by atoms with E-state index in [1.54, 1.807) is 0 Å². The Bertz CT molecular complexity index is 2070. The first-order valence-corrected chi connectivity index (χ1v) is 48.5. The maximum atomic E-state index is 13.2. The predicted octanol–water partition coefficient (Wildman–Crippen LogP) is 26.9. The van der Waals surface area contributed by atoms with E-state index in [9.17, 15) is 43.2 Å². The predicted molar refractivity (Wildman–Crippen MR) is 441 cm³/mol. The summed E-state index contributed by atoms with van der Waals surface area (Å²) in [6.45, 7) is 12.1. The van der Waals surface area contributed by atoms with Crippen LogP contribution in [0.4, 0.5) is 0 Å². The van der Waals surface area contributed by atoms with E-state index >= 15 is 0 Å². The molecule has 5 unspecified atom stereocenters. The number of rotatable bonds is 86. The summed E-state index contributed by atoms with van der Waals surface area (Å²) in [5, 5.41) is 10.7. The molecule has 0 rings (SSSR count). The van der Waals surface area contributed by atoms with Crippen LogP contribution in [0.15, 0.2) is 0 Å². The Hall–Kier alpha value is -1.94. The van der Waals surface area contributed by atoms with Crippen molar-refractivity contribution in [1.29, 1.82) is 0 Å². The second-order valence-corrected chi connectivity index (χ2v) is 35.3. The Morgan fingerprint density at radius 2 is 0.449 bits per heavy atom. The van der Waals surface area contributed by atoms with Crippen molar-refractivity contribution in [3.63, 3.8) is 0 Å². The van der Waals surface area contributed by atoms with Gasteiger partial charge in [-0.15, -0.1) is 0 Å². The smallest absolute Gasteiger partial charge is 0.462 e. The molecule has 0 bridgehead atoms. The van der Waals surface area contributed by atoms with Gasteiger partial charge in [-0.25, -0.2) is 9.13 Å². The molecule has 0 amide bonds. The number of carbonyl (C=O) groups is 4. The van der Waals surface area contributed by atoms with Gasteiger partial charge in [-0.3, -0.25) is 37.3 Å². The van der Waals surface area contributed by atoms with Gasteiger partial charge in [-0.2, -0.15) is 0 Å².